The zero-order chi connectivity index (χ0) is 70.2. The molecule has 0 fully saturated rings. The van der Waals surface area contributed by atoms with Gasteiger partial charge in [0.05, 0.1) is 85.0 Å². The number of aromatic nitrogens is 10. The van der Waals surface area contributed by atoms with Crippen LogP contribution < -0.4 is 47.7 Å². The van der Waals surface area contributed by atoms with Gasteiger partial charge in [0.25, 0.3) is 0 Å². The highest BCUT2D eigenvalue weighted by molar-refractivity contribution is 7.13. The van der Waals surface area contributed by atoms with E-state index in [1.165, 1.54) is 55.3 Å². The number of imidazole rings is 1. The lowest BCUT2D eigenvalue weighted by Gasteiger charge is -2.39. The van der Waals surface area contributed by atoms with Gasteiger partial charge in [0.15, 0.2) is 36.0 Å². The van der Waals surface area contributed by atoms with Gasteiger partial charge in [-0.1, -0.05) is 65.1 Å². The Kier molecular flexibility index (Phi) is 18.2. The minimum atomic E-state index is -0.245. The van der Waals surface area contributed by atoms with Gasteiger partial charge in [-0.25, -0.2) is 33.1 Å². The molecular formula is C76H100N18O2S2+4. The van der Waals surface area contributed by atoms with Crippen LogP contribution in [0, 0.1) is 13.8 Å². The molecule has 3 aromatic carbocycles. The maximum absolute atomic E-state index is 5.81. The van der Waals surface area contributed by atoms with Crippen molar-refractivity contribution >= 4 is 78.6 Å². The maximum atomic E-state index is 5.81. The summed E-state index contributed by atoms with van der Waals surface area (Å²) in [5, 5.41) is 12.6. The SMILES string of the molecule is C[C@@H]1N(c2scc[n+]2C)C=CN1C(C)(C)c1cc2ccccc2n1C.C[C@@H]1N(c2scc[n+]2C)C=CN1C(C)(C)c1cccn1C.Cc1cc(C(C)(C)N2c3ccccc3N(c3occ[n+]3C)[C@H]2C)n(C)n1.Cc1ncc(C(C)(C)N2c3ccccc3N(c3occ[n+]3C)[C@H]2C)n1C. The Bertz CT molecular complexity index is 4580. The molecule has 4 aliphatic rings. The number of hydrogen-bond acceptors (Lipinski definition) is 14. The molecule has 514 valence electrons. The lowest BCUT2D eigenvalue weighted by molar-refractivity contribution is -0.660. The van der Waals surface area contributed by atoms with Gasteiger partial charge in [-0.05, 0) is 157 Å². The molecule has 0 unspecified atom stereocenters. The van der Waals surface area contributed by atoms with Gasteiger partial charge in [0.1, 0.15) is 55.5 Å². The molecule has 4 atom stereocenters. The molecule has 0 aliphatic carbocycles. The van der Waals surface area contributed by atoms with Crippen LogP contribution in [0.2, 0.25) is 0 Å². The molecule has 0 saturated heterocycles. The Morgan fingerprint density at radius 2 is 0.939 bits per heavy atom. The van der Waals surface area contributed by atoms with Crippen LogP contribution in [0.4, 0.5) is 45.0 Å². The van der Waals surface area contributed by atoms with E-state index in [2.05, 4.69) is 342 Å². The zero-order valence-electron chi connectivity index (χ0n) is 61.3. The van der Waals surface area contributed by atoms with E-state index < -0.39 is 0 Å². The largest absolute Gasteiger partial charge is 0.463 e. The molecule has 20 nitrogen and oxygen atoms in total. The maximum Gasteiger partial charge on any atom is 0.463 e. The molecule has 0 saturated carbocycles. The number of thiazole rings is 2. The molecule has 4 aliphatic heterocycles. The Morgan fingerprint density at radius 3 is 1.35 bits per heavy atom. The fourth-order valence-electron chi connectivity index (χ4n) is 15.6. The molecule has 0 N–H and O–H groups in total. The summed E-state index contributed by atoms with van der Waals surface area (Å²) in [5.74, 6) is 1.02. The van der Waals surface area contributed by atoms with E-state index in [1.807, 2.05) is 67.4 Å². The highest BCUT2D eigenvalue weighted by Crippen LogP contribution is 2.51. The second kappa shape index (κ2) is 26.0. The van der Waals surface area contributed by atoms with E-state index in [0.717, 1.165) is 34.9 Å². The number of hydrogen-bond donors (Lipinski definition) is 0. The minimum absolute atomic E-state index is 0.0568. The fourth-order valence-corrected chi connectivity index (χ4v) is 17.5. The Labute approximate surface area is 586 Å². The molecule has 0 spiro atoms. The summed E-state index contributed by atoms with van der Waals surface area (Å²) in [6.07, 6.45) is 25.2. The smallest absolute Gasteiger partial charge is 0.396 e. The van der Waals surface area contributed by atoms with Crippen LogP contribution in [0.5, 0.6) is 0 Å². The summed E-state index contributed by atoms with van der Waals surface area (Å²) in [5.41, 5.74) is 11.3. The number of fused-ring (bicyclic) bond motifs is 3. The molecule has 15 rings (SSSR count). The predicted octanol–water partition coefficient (Wildman–Crippen LogP) is 13.5. The first-order valence-electron chi connectivity index (χ1n) is 33.7. The van der Waals surface area contributed by atoms with E-state index in [9.17, 15) is 0 Å². The third kappa shape index (κ3) is 11.7. The Morgan fingerprint density at radius 1 is 0.469 bits per heavy atom. The fraction of sp³-hybridized carbons (Fsp3) is 0.395. The molecule has 0 radical (unpaired) electrons. The molecule has 8 aromatic heterocycles. The third-order valence-corrected chi connectivity index (χ3v) is 22.6. The Hall–Kier alpha value is -9.54. The molecule has 0 bridgehead atoms. The van der Waals surface area contributed by atoms with E-state index in [1.54, 1.807) is 35.2 Å². The lowest BCUT2D eigenvalue weighted by Crippen LogP contribution is -2.51. The van der Waals surface area contributed by atoms with E-state index in [-0.39, 0.29) is 40.7 Å². The van der Waals surface area contributed by atoms with Crippen LogP contribution >= 0.6 is 22.7 Å². The van der Waals surface area contributed by atoms with Gasteiger partial charge < -0.3 is 42.1 Å². The average Bonchev–Trinajstić information content (AvgIpc) is 1.84. The summed E-state index contributed by atoms with van der Waals surface area (Å²) in [6, 6.07) is 36.0. The quantitative estimate of drug-likeness (QED) is 0.109. The summed E-state index contributed by atoms with van der Waals surface area (Å²) < 4.78 is 28.7. The Balaban J connectivity index is 0.000000125. The van der Waals surface area contributed by atoms with Crippen molar-refractivity contribution in [2.45, 2.75) is 144 Å². The first-order chi connectivity index (χ1) is 46.5. The van der Waals surface area contributed by atoms with E-state index >= 15 is 0 Å². The van der Waals surface area contributed by atoms with Crippen LogP contribution in [-0.2, 0) is 78.5 Å². The van der Waals surface area contributed by atoms with Crippen molar-refractivity contribution < 1.29 is 27.1 Å². The van der Waals surface area contributed by atoms with Gasteiger partial charge in [0, 0.05) is 74.5 Å². The van der Waals surface area contributed by atoms with Gasteiger partial charge in [-0.2, -0.15) is 14.9 Å². The number of aryl methyl sites for hydroxylation is 9. The number of para-hydroxylation sites is 5. The van der Waals surface area contributed by atoms with Gasteiger partial charge in [0.2, 0.25) is 0 Å². The van der Waals surface area contributed by atoms with Gasteiger partial charge in [-0.3, -0.25) is 4.68 Å². The van der Waals surface area contributed by atoms with E-state index in [4.69, 9.17) is 8.83 Å². The zero-order valence-corrected chi connectivity index (χ0v) is 62.9. The summed E-state index contributed by atoms with van der Waals surface area (Å²) in [7, 11) is 16.6. The van der Waals surface area contributed by atoms with Crippen LogP contribution in [0.15, 0.2) is 191 Å². The van der Waals surface area contributed by atoms with Crippen molar-refractivity contribution in [2.24, 2.45) is 56.4 Å². The minimum Gasteiger partial charge on any atom is -0.396 e. The lowest BCUT2D eigenvalue weighted by atomic mass is 9.96. The van der Waals surface area contributed by atoms with Crippen molar-refractivity contribution in [1.82, 2.24) is 38.3 Å². The normalized spacial score (nSPS) is 17.7. The highest BCUT2D eigenvalue weighted by atomic mass is 32.1. The molecule has 98 heavy (non-hydrogen) atoms. The van der Waals surface area contributed by atoms with Crippen molar-refractivity contribution in [2.75, 3.05) is 29.4 Å². The summed E-state index contributed by atoms with van der Waals surface area (Å²) >= 11 is 3.54. The van der Waals surface area contributed by atoms with Gasteiger partial charge in [-0.15, -0.1) is 0 Å². The van der Waals surface area contributed by atoms with Crippen molar-refractivity contribution in [3.8, 4) is 0 Å². The monoisotopic (exact) mass is 1360 g/mol. The molecule has 0 amide bonds. The number of oxazole rings is 2. The highest BCUT2D eigenvalue weighted by Gasteiger charge is 2.52. The van der Waals surface area contributed by atoms with E-state index in [0.29, 0.717) is 6.17 Å². The van der Waals surface area contributed by atoms with Crippen LogP contribution in [0.25, 0.3) is 10.9 Å². The molecule has 22 heteroatoms. The summed E-state index contributed by atoms with van der Waals surface area (Å²) in [6.45, 7) is 31.2. The molecule has 12 heterocycles. The van der Waals surface area contributed by atoms with Crippen molar-refractivity contribution in [3.05, 3.63) is 217 Å². The molecule has 11 aromatic rings. The predicted molar refractivity (Wildman–Crippen MR) is 394 cm³/mol. The van der Waals surface area contributed by atoms with Crippen LogP contribution in [0.3, 0.4) is 0 Å². The second-order valence-electron chi connectivity index (χ2n) is 28.3. The first-order valence-corrected chi connectivity index (χ1v) is 35.5. The van der Waals surface area contributed by atoms with Gasteiger partial charge >= 0.3 is 22.3 Å². The molecular weight excluding hydrogens is 1260 g/mol. The van der Waals surface area contributed by atoms with Crippen molar-refractivity contribution in [1.29, 1.82) is 0 Å². The average molecular weight is 1360 g/mol. The summed E-state index contributed by atoms with van der Waals surface area (Å²) in [4.78, 5) is 23.4. The number of rotatable bonds is 12. The standard InChI is InChI=1S/2C20H26N5O.C20H25N4S.C16H23N4S/c1-14-21-13-18(23(14)6)20(3,4)25-15(2)24(19-22(5)11-12-26-19)16-9-7-8-10-17(16)25;1-14-13-18(23(6)21-14)20(3,4)25-15(2)24(19-22(5)11-12-26-19)16-9-7-8-10-17(16)25;1-15-23(19-21(4)12-13-25-19)10-11-24(15)20(2,3)18-14-16-8-6-7-9-17(16)22(18)5;1-13-19(15-18(5)11-12-21-15)9-10-20(13)16(2,3)14-7-6-8-17(14)4/h2*7-13,15H,1-6H3;6-15H,1-5H3;6-13H,1-5H3/q4*+1/t3*15-;13-/m1111/s1. The topological polar surface area (TPSA) is 113 Å². The first kappa shape index (κ1) is 68.4. The third-order valence-electron chi connectivity index (χ3n) is 20.7. The number of benzene rings is 3. The van der Waals surface area contributed by atoms with Crippen LogP contribution in [0.1, 0.15) is 117 Å². The number of anilines is 8. The number of nitrogens with zero attached hydrogens (tertiary/aromatic N) is 18. The second-order valence-corrected chi connectivity index (χ2v) is 30.1. The van der Waals surface area contributed by atoms with Crippen molar-refractivity contribution in [3.63, 3.8) is 0 Å². The van der Waals surface area contributed by atoms with Crippen LogP contribution in [-0.4, -0.2) is 62.9 Å².